The number of carbonyl (C=O) groups is 1. The van der Waals surface area contributed by atoms with E-state index in [9.17, 15) is 13.2 Å². The van der Waals surface area contributed by atoms with E-state index < -0.39 is 15.8 Å². The van der Waals surface area contributed by atoms with Crippen molar-refractivity contribution in [2.24, 2.45) is 0 Å². The van der Waals surface area contributed by atoms with E-state index in [1.165, 1.54) is 22.9 Å². The van der Waals surface area contributed by atoms with Crippen molar-refractivity contribution in [1.82, 2.24) is 9.78 Å². The van der Waals surface area contributed by atoms with Gasteiger partial charge in [-0.05, 0) is 37.3 Å². The van der Waals surface area contributed by atoms with Crippen molar-refractivity contribution in [2.75, 3.05) is 6.26 Å². The van der Waals surface area contributed by atoms with Gasteiger partial charge in [0.2, 0.25) is 0 Å². The summed E-state index contributed by atoms with van der Waals surface area (Å²) in [6.45, 7) is 1.73. The molecule has 1 heterocycles. The highest BCUT2D eigenvalue weighted by atomic mass is 32.2. The first-order valence-corrected chi connectivity index (χ1v) is 7.28. The maximum absolute atomic E-state index is 11.3. The van der Waals surface area contributed by atoms with Gasteiger partial charge in [-0.25, -0.2) is 17.9 Å². The SMILES string of the molecule is Cc1cc(C(=O)O)nn1-c1ccc(S(C)(=O)=O)cc1. The van der Waals surface area contributed by atoms with Crippen molar-refractivity contribution < 1.29 is 18.3 Å². The number of benzene rings is 1. The van der Waals surface area contributed by atoms with E-state index >= 15 is 0 Å². The Bertz CT molecular complexity index is 730. The number of hydrogen-bond donors (Lipinski definition) is 1. The summed E-state index contributed by atoms with van der Waals surface area (Å²) in [5, 5.41) is 12.8. The largest absolute Gasteiger partial charge is 0.476 e. The van der Waals surface area contributed by atoms with E-state index in [2.05, 4.69) is 5.10 Å². The minimum Gasteiger partial charge on any atom is -0.476 e. The minimum atomic E-state index is -3.24. The molecule has 1 aromatic carbocycles. The zero-order valence-corrected chi connectivity index (χ0v) is 11.2. The summed E-state index contributed by atoms with van der Waals surface area (Å²) in [5.41, 5.74) is 1.21. The van der Waals surface area contributed by atoms with E-state index in [1.54, 1.807) is 19.1 Å². The number of rotatable bonds is 3. The highest BCUT2D eigenvalue weighted by molar-refractivity contribution is 7.90. The van der Waals surface area contributed by atoms with E-state index in [0.29, 0.717) is 11.4 Å². The molecule has 0 unspecified atom stereocenters. The molecule has 2 aromatic rings. The van der Waals surface area contributed by atoms with Crippen molar-refractivity contribution in [3.8, 4) is 5.69 Å². The predicted octanol–water partition coefficient (Wildman–Crippen LogP) is 1.28. The monoisotopic (exact) mass is 280 g/mol. The van der Waals surface area contributed by atoms with Gasteiger partial charge in [-0.15, -0.1) is 0 Å². The van der Waals surface area contributed by atoms with Gasteiger partial charge in [0.25, 0.3) is 0 Å². The third-order valence-electron chi connectivity index (χ3n) is 2.62. The molecule has 0 aliphatic carbocycles. The van der Waals surface area contributed by atoms with Crippen molar-refractivity contribution in [1.29, 1.82) is 0 Å². The van der Waals surface area contributed by atoms with Crippen molar-refractivity contribution >= 4 is 15.8 Å². The number of hydrogen-bond acceptors (Lipinski definition) is 4. The molecule has 1 aromatic heterocycles. The van der Waals surface area contributed by atoms with Crippen molar-refractivity contribution in [3.63, 3.8) is 0 Å². The van der Waals surface area contributed by atoms with Gasteiger partial charge in [0.05, 0.1) is 10.6 Å². The van der Waals surface area contributed by atoms with E-state index in [4.69, 9.17) is 5.11 Å². The van der Waals surface area contributed by atoms with Gasteiger partial charge in [-0.3, -0.25) is 0 Å². The number of carboxylic acid groups (broad SMARTS) is 1. The first-order chi connectivity index (χ1) is 8.79. The topological polar surface area (TPSA) is 89.3 Å². The standard InChI is InChI=1S/C12H12N2O4S/c1-8-7-11(12(15)16)13-14(8)9-3-5-10(6-4-9)19(2,17)18/h3-7H,1-2H3,(H,15,16). The summed E-state index contributed by atoms with van der Waals surface area (Å²) in [6.07, 6.45) is 1.13. The molecule has 0 atom stereocenters. The lowest BCUT2D eigenvalue weighted by molar-refractivity contribution is 0.0690. The lowest BCUT2D eigenvalue weighted by Gasteiger charge is -2.05. The Morgan fingerprint density at radius 3 is 2.26 bits per heavy atom. The van der Waals surface area contributed by atoms with Crippen LogP contribution in [0.3, 0.4) is 0 Å². The van der Waals surface area contributed by atoms with Crippen LogP contribution in [0.4, 0.5) is 0 Å². The van der Waals surface area contributed by atoms with Crippen LogP contribution in [0.2, 0.25) is 0 Å². The average molecular weight is 280 g/mol. The summed E-state index contributed by atoms with van der Waals surface area (Å²) in [4.78, 5) is 11.0. The number of aryl methyl sites for hydroxylation is 1. The molecular weight excluding hydrogens is 268 g/mol. The van der Waals surface area contributed by atoms with Gasteiger partial charge in [-0.1, -0.05) is 0 Å². The van der Waals surface area contributed by atoms with Crippen LogP contribution in [0, 0.1) is 6.92 Å². The second-order valence-electron chi connectivity index (χ2n) is 4.15. The predicted molar refractivity (Wildman–Crippen MR) is 68.4 cm³/mol. The fraction of sp³-hybridized carbons (Fsp3) is 0.167. The van der Waals surface area contributed by atoms with Crippen LogP contribution >= 0.6 is 0 Å². The van der Waals surface area contributed by atoms with Gasteiger partial charge < -0.3 is 5.11 Å². The Kier molecular flexibility index (Phi) is 3.15. The quantitative estimate of drug-likeness (QED) is 0.914. The van der Waals surface area contributed by atoms with E-state index in [0.717, 1.165) is 6.26 Å². The zero-order chi connectivity index (χ0) is 14.2. The lowest BCUT2D eigenvalue weighted by Crippen LogP contribution is -2.03. The molecule has 0 radical (unpaired) electrons. The second kappa shape index (κ2) is 4.51. The molecule has 0 saturated heterocycles. The zero-order valence-electron chi connectivity index (χ0n) is 10.4. The second-order valence-corrected chi connectivity index (χ2v) is 6.17. The summed E-state index contributed by atoms with van der Waals surface area (Å²) in [7, 11) is -3.24. The number of sulfone groups is 1. The molecule has 6 nitrogen and oxygen atoms in total. The first kappa shape index (κ1) is 13.3. The van der Waals surface area contributed by atoms with Gasteiger partial charge >= 0.3 is 5.97 Å². The summed E-state index contributed by atoms with van der Waals surface area (Å²) in [6, 6.07) is 7.55. The Balaban J connectivity index is 2.46. The van der Waals surface area contributed by atoms with Crippen molar-refractivity contribution in [3.05, 3.63) is 41.7 Å². The number of aromatic nitrogens is 2. The highest BCUT2D eigenvalue weighted by Gasteiger charge is 2.12. The maximum atomic E-state index is 11.3. The molecule has 0 aliphatic heterocycles. The highest BCUT2D eigenvalue weighted by Crippen LogP contribution is 2.15. The van der Waals surface area contributed by atoms with Gasteiger partial charge in [-0.2, -0.15) is 5.10 Å². The fourth-order valence-electron chi connectivity index (χ4n) is 1.67. The molecule has 0 amide bonds. The van der Waals surface area contributed by atoms with E-state index in [-0.39, 0.29) is 10.6 Å². The number of carboxylic acids is 1. The van der Waals surface area contributed by atoms with E-state index in [1.807, 2.05) is 0 Å². The summed E-state index contributed by atoms with van der Waals surface area (Å²) >= 11 is 0. The Hall–Kier alpha value is -2.15. The van der Waals surface area contributed by atoms with Gasteiger partial charge in [0.1, 0.15) is 0 Å². The van der Waals surface area contributed by atoms with Crippen LogP contribution in [0.1, 0.15) is 16.2 Å². The molecule has 0 spiro atoms. The Morgan fingerprint density at radius 1 is 1.26 bits per heavy atom. The molecule has 0 bridgehead atoms. The molecule has 0 saturated carbocycles. The van der Waals surface area contributed by atoms with Crippen LogP contribution in [-0.4, -0.2) is 35.5 Å². The Morgan fingerprint density at radius 2 is 1.84 bits per heavy atom. The number of aromatic carboxylic acids is 1. The summed E-state index contributed by atoms with van der Waals surface area (Å²) < 4.78 is 24.1. The molecule has 19 heavy (non-hydrogen) atoms. The number of nitrogens with zero attached hydrogens (tertiary/aromatic N) is 2. The molecule has 1 N–H and O–H groups in total. The van der Waals surface area contributed by atoms with Crippen molar-refractivity contribution in [2.45, 2.75) is 11.8 Å². The molecule has 7 heteroatoms. The third-order valence-corrected chi connectivity index (χ3v) is 3.74. The van der Waals surface area contributed by atoms with Crippen LogP contribution < -0.4 is 0 Å². The molecule has 0 aliphatic rings. The van der Waals surface area contributed by atoms with Gasteiger partial charge in [0, 0.05) is 11.9 Å². The Labute approximate surface area is 110 Å². The maximum Gasteiger partial charge on any atom is 0.356 e. The normalized spacial score (nSPS) is 11.5. The third kappa shape index (κ3) is 2.65. The van der Waals surface area contributed by atoms with Crippen LogP contribution in [-0.2, 0) is 9.84 Å². The average Bonchev–Trinajstić information content (AvgIpc) is 2.70. The van der Waals surface area contributed by atoms with Crippen LogP contribution in [0.5, 0.6) is 0 Å². The fourth-order valence-corrected chi connectivity index (χ4v) is 2.31. The van der Waals surface area contributed by atoms with Gasteiger partial charge in [0.15, 0.2) is 15.5 Å². The molecule has 2 rings (SSSR count). The van der Waals surface area contributed by atoms with Crippen LogP contribution in [0.25, 0.3) is 5.69 Å². The summed E-state index contributed by atoms with van der Waals surface area (Å²) in [5.74, 6) is -1.10. The first-order valence-electron chi connectivity index (χ1n) is 5.39. The molecule has 0 fully saturated rings. The van der Waals surface area contributed by atoms with Crippen LogP contribution in [0.15, 0.2) is 35.2 Å². The molecular formula is C12H12N2O4S. The smallest absolute Gasteiger partial charge is 0.356 e. The lowest BCUT2D eigenvalue weighted by atomic mass is 10.3. The minimum absolute atomic E-state index is 0.0512. The molecule has 100 valence electrons.